The fraction of sp³-hybridized carbons (Fsp3) is 0.312. The number of halogens is 1. The van der Waals surface area contributed by atoms with Crippen LogP contribution in [0.2, 0.25) is 5.02 Å². The molecule has 0 radical (unpaired) electrons. The van der Waals surface area contributed by atoms with Crippen LogP contribution in [0.15, 0.2) is 36.5 Å². The van der Waals surface area contributed by atoms with E-state index < -0.39 is 10.8 Å². The highest BCUT2D eigenvalue weighted by Crippen LogP contribution is 2.24. The molecule has 0 aliphatic carbocycles. The Balaban J connectivity index is 2.02. The number of rotatable bonds is 7. The lowest BCUT2D eigenvalue weighted by Crippen LogP contribution is -2.03. The molecule has 1 atom stereocenters. The van der Waals surface area contributed by atoms with E-state index in [4.69, 9.17) is 16.3 Å². The van der Waals surface area contributed by atoms with Gasteiger partial charge in [0.1, 0.15) is 5.75 Å². The smallest absolute Gasteiger partial charge is 0.137 e. The van der Waals surface area contributed by atoms with E-state index >= 15 is 0 Å². The summed E-state index contributed by atoms with van der Waals surface area (Å²) in [4.78, 5) is 4.33. The first-order valence-corrected chi connectivity index (χ1v) is 9.09. The number of anilines is 1. The minimum atomic E-state index is -0.873. The molecule has 22 heavy (non-hydrogen) atoms. The summed E-state index contributed by atoms with van der Waals surface area (Å²) in [5.74, 6) is 1.28. The minimum absolute atomic E-state index is 0.521. The molecule has 0 spiro atoms. The van der Waals surface area contributed by atoms with E-state index in [0.29, 0.717) is 23.9 Å². The van der Waals surface area contributed by atoms with Crippen LogP contribution in [0.1, 0.15) is 18.2 Å². The van der Waals surface area contributed by atoms with Crippen LogP contribution in [0.4, 0.5) is 5.69 Å². The Bertz CT molecular complexity index is 647. The molecule has 2 aromatic rings. The minimum Gasteiger partial charge on any atom is -0.492 e. The third kappa shape index (κ3) is 5.00. The number of ether oxygens (including phenoxy) is 1. The average molecular weight is 339 g/mol. The van der Waals surface area contributed by atoms with E-state index in [2.05, 4.69) is 10.3 Å². The largest absolute Gasteiger partial charge is 0.492 e. The third-order valence-corrected chi connectivity index (χ3v) is 4.04. The molecule has 1 aromatic carbocycles. The van der Waals surface area contributed by atoms with Gasteiger partial charge in [-0.1, -0.05) is 17.7 Å². The molecule has 0 aliphatic rings. The van der Waals surface area contributed by atoms with Gasteiger partial charge in [-0.25, -0.2) is 0 Å². The molecule has 6 heteroatoms. The van der Waals surface area contributed by atoms with Gasteiger partial charge in [0.15, 0.2) is 0 Å². The average Bonchev–Trinajstić information content (AvgIpc) is 2.49. The maximum Gasteiger partial charge on any atom is 0.137 e. The second-order valence-electron chi connectivity index (χ2n) is 4.80. The van der Waals surface area contributed by atoms with Crippen LogP contribution in [-0.2, 0) is 23.1 Å². The van der Waals surface area contributed by atoms with E-state index in [-0.39, 0.29) is 0 Å². The van der Waals surface area contributed by atoms with Crippen molar-refractivity contribution in [3.8, 4) is 5.75 Å². The summed E-state index contributed by atoms with van der Waals surface area (Å²) in [5, 5.41) is 3.90. The van der Waals surface area contributed by atoms with Crippen molar-refractivity contribution in [1.82, 2.24) is 4.98 Å². The van der Waals surface area contributed by atoms with Gasteiger partial charge < -0.3 is 10.1 Å². The number of nitrogens with zero attached hydrogens (tertiary/aromatic N) is 1. The molecule has 118 valence electrons. The molecule has 1 aromatic heterocycles. The summed E-state index contributed by atoms with van der Waals surface area (Å²) < 4.78 is 16.7. The number of hydrogen-bond donors (Lipinski definition) is 1. The number of nitrogens with one attached hydrogen (secondary N) is 1. The quantitative estimate of drug-likeness (QED) is 0.837. The first-order chi connectivity index (χ1) is 10.6. The van der Waals surface area contributed by atoms with Crippen molar-refractivity contribution in [2.45, 2.75) is 19.2 Å². The Morgan fingerprint density at radius 2 is 2.14 bits per heavy atom. The zero-order chi connectivity index (χ0) is 15.9. The molecule has 1 N–H and O–H groups in total. The van der Waals surface area contributed by atoms with Gasteiger partial charge in [-0.05, 0) is 36.8 Å². The lowest BCUT2D eigenvalue weighted by molar-refractivity contribution is 0.338. The van der Waals surface area contributed by atoms with Crippen LogP contribution in [0.25, 0.3) is 0 Å². The van der Waals surface area contributed by atoms with E-state index in [1.54, 1.807) is 12.5 Å². The van der Waals surface area contributed by atoms with Crippen molar-refractivity contribution >= 4 is 28.1 Å². The van der Waals surface area contributed by atoms with E-state index in [9.17, 15) is 4.21 Å². The normalized spacial score (nSPS) is 12.0. The van der Waals surface area contributed by atoms with Gasteiger partial charge in [0.25, 0.3) is 0 Å². The number of benzene rings is 1. The van der Waals surface area contributed by atoms with Gasteiger partial charge in [0.05, 0.1) is 35.8 Å². The van der Waals surface area contributed by atoms with Gasteiger partial charge in [-0.2, -0.15) is 0 Å². The zero-order valence-electron chi connectivity index (χ0n) is 12.6. The highest BCUT2D eigenvalue weighted by atomic mass is 35.5. The summed E-state index contributed by atoms with van der Waals surface area (Å²) >= 11 is 6.19. The summed E-state index contributed by atoms with van der Waals surface area (Å²) in [7, 11) is -0.873. The fourth-order valence-electron chi connectivity index (χ4n) is 1.99. The van der Waals surface area contributed by atoms with Crippen LogP contribution in [0.5, 0.6) is 5.75 Å². The maximum absolute atomic E-state index is 11.3. The lowest BCUT2D eigenvalue weighted by atomic mass is 10.2. The summed E-state index contributed by atoms with van der Waals surface area (Å²) in [5.41, 5.74) is 2.71. The number of pyridine rings is 1. The Kier molecular flexibility index (Phi) is 6.21. The topological polar surface area (TPSA) is 51.2 Å². The third-order valence-electron chi connectivity index (χ3n) is 2.97. The van der Waals surface area contributed by atoms with E-state index in [1.165, 1.54) is 0 Å². The van der Waals surface area contributed by atoms with Crippen molar-refractivity contribution in [2.75, 3.05) is 18.2 Å². The van der Waals surface area contributed by atoms with Crippen LogP contribution in [0, 0.1) is 0 Å². The van der Waals surface area contributed by atoms with Gasteiger partial charge >= 0.3 is 0 Å². The Morgan fingerprint density at radius 1 is 1.32 bits per heavy atom. The number of aromatic nitrogens is 1. The van der Waals surface area contributed by atoms with Crippen LogP contribution in [-0.4, -0.2) is 22.1 Å². The molecule has 4 nitrogen and oxygen atoms in total. The SMILES string of the molecule is CCOc1ccc(CNc2cc(C[S@@](C)=O)ccc2Cl)nc1. The van der Waals surface area contributed by atoms with Gasteiger partial charge in [-0.3, -0.25) is 9.19 Å². The molecule has 0 aliphatic heterocycles. The molecule has 0 unspecified atom stereocenters. The van der Waals surface area contributed by atoms with E-state index in [0.717, 1.165) is 22.7 Å². The van der Waals surface area contributed by atoms with Gasteiger partial charge in [0.2, 0.25) is 0 Å². The van der Waals surface area contributed by atoms with E-state index in [1.807, 2.05) is 37.3 Å². The first-order valence-electron chi connectivity index (χ1n) is 6.98. The molecule has 1 heterocycles. The number of hydrogen-bond acceptors (Lipinski definition) is 4. The lowest BCUT2D eigenvalue weighted by Gasteiger charge is -2.10. The predicted molar refractivity (Wildman–Crippen MR) is 92.0 cm³/mol. The summed E-state index contributed by atoms with van der Waals surface area (Å²) in [6.07, 6.45) is 3.39. The Hall–Kier alpha value is -1.59. The maximum atomic E-state index is 11.3. The Labute approximate surface area is 138 Å². The molecule has 0 bridgehead atoms. The van der Waals surface area contributed by atoms with Crippen LogP contribution < -0.4 is 10.1 Å². The molecule has 0 fully saturated rings. The summed E-state index contributed by atoms with van der Waals surface area (Å²) in [6, 6.07) is 9.45. The predicted octanol–water partition coefficient (Wildman–Crippen LogP) is 3.62. The molecular weight excluding hydrogens is 320 g/mol. The van der Waals surface area contributed by atoms with Crippen molar-refractivity contribution in [3.05, 3.63) is 52.8 Å². The molecule has 0 saturated carbocycles. The molecular formula is C16H19ClN2O2S. The molecule has 0 amide bonds. The Morgan fingerprint density at radius 3 is 2.77 bits per heavy atom. The monoisotopic (exact) mass is 338 g/mol. The fourth-order valence-corrected chi connectivity index (χ4v) is 2.82. The summed E-state index contributed by atoms with van der Waals surface area (Å²) in [6.45, 7) is 3.12. The highest BCUT2D eigenvalue weighted by Gasteiger charge is 2.04. The standard InChI is InChI=1S/C16H19ClN2O2S/c1-3-21-14-6-5-13(18-10-14)9-19-16-8-12(11-22(2)20)4-7-15(16)17/h4-8,10,19H,3,9,11H2,1-2H3/t22-/m1/s1. The van der Waals surface area contributed by atoms with Crippen molar-refractivity contribution in [2.24, 2.45) is 0 Å². The zero-order valence-corrected chi connectivity index (χ0v) is 14.2. The highest BCUT2D eigenvalue weighted by molar-refractivity contribution is 7.83. The van der Waals surface area contributed by atoms with Gasteiger partial charge in [0, 0.05) is 22.8 Å². The van der Waals surface area contributed by atoms with Crippen molar-refractivity contribution < 1.29 is 8.95 Å². The van der Waals surface area contributed by atoms with Gasteiger partial charge in [-0.15, -0.1) is 0 Å². The first kappa shape index (κ1) is 16.8. The molecule has 0 saturated heterocycles. The van der Waals surface area contributed by atoms with Crippen LogP contribution in [0.3, 0.4) is 0 Å². The van der Waals surface area contributed by atoms with Crippen LogP contribution >= 0.6 is 11.6 Å². The van der Waals surface area contributed by atoms with Crippen molar-refractivity contribution in [1.29, 1.82) is 0 Å². The second kappa shape index (κ2) is 8.15. The second-order valence-corrected chi connectivity index (χ2v) is 6.65. The molecule has 2 rings (SSSR count). The van der Waals surface area contributed by atoms with Crippen molar-refractivity contribution in [3.63, 3.8) is 0 Å².